The number of carbonyl (C=O) groups is 1. The number of nitrogens with zero attached hydrogens (tertiary/aromatic N) is 1. The van der Waals surface area contributed by atoms with Gasteiger partial charge in [0, 0.05) is 23.7 Å². The lowest BCUT2D eigenvalue weighted by atomic mass is 9.87. The minimum atomic E-state index is -0.745. The smallest absolute Gasteiger partial charge is 0.306 e. The number of hydrogen-bond acceptors (Lipinski definition) is 8. The van der Waals surface area contributed by atoms with Gasteiger partial charge in [0.15, 0.2) is 18.0 Å². The molecule has 1 aromatic heterocycles. The molecule has 1 saturated carbocycles. The topological polar surface area (TPSA) is 115 Å². The first-order chi connectivity index (χ1) is 16.8. The van der Waals surface area contributed by atoms with Gasteiger partial charge in [-0.1, -0.05) is 0 Å². The van der Waals surface area contributed by atoms with Crippen LogP contribution in [-0.2, 0) is 14.3 Å². The Hall–Kier alpha value is -2.62. The second-order valence-corrected chi connectivity index (χ2v) is 10.2. The number of nitrogens with one attached hydrogen (secondary N) is 2. The van der Waals surface area contributed by atoms with Crippen molar-refractivity contribution in [3.63, 3.8) is 0 Å². The van der Waals surface area contributed by atoms with Crippen LogP contribution in [0.25, 0.3) is 11.3 Å². The molecule has 1 saturated heterocycles. The number of ether oxygens (including phenoxy) is 3. The molecular weight excluding hydrogens is 450 g/mol. The molecular formula is C26H37N3O6. The van der Waals surface area contributed by atoms with Crippen LogP contribution in [0, 0.1) is 5.92 Å². The maximum atomic E-state index is 11.2. The molecule has 1 aromatic carbocycles. The summed E-state index contributed by atoms with van der Waals surface area (Å²) in [5, 5.41) is 16.5. The molecule has 1 atom stereocenters. The second kappa shape index (κ2) is 11.0. The number of aliphatic carboxylic acids is 1. The minimum absolute atomic E-state index is 0.0933. The molecule has 9 heteroatoms. The van der Waals surface area contributed by atoms with Crippen LogP contribution in [0.5, 0.6) is 5.75 Å². The van der Waals surface area contributed by atoms with Crippen molar-refractivity contribution in [3.05, 3.63) is 30.8 Å². The predicted molar refractivity (Wildman–Crippen MR) is 131 cm³/mol. The molecule has 3 N–H and O–H groups in total. The van der Waals surface area contributed by atoms with Gasteiger partial charge in [-0.05, 0) is 64.5 Å². The number of carboxylic acids is 1. The molecule has 1 aliphatic heterocycles. The molecule has 0 spiro atoms. The van der Waals surface area contributed by atoms with Gasteiger partial charge in [0.1, 0.15) is 5.75 Å². The Morgan fingerprint density at radius 3 is 2.69 bits per heavy atom. The molecule has 192 valence electrons. The Kier molecular flexibility index (Phi) is 7.98. The average Bonchev–Trinajstić information content (AvgIpc) is 3.38. The van der Waals surface area contributed by atoms with Crippen molar-refractivity contribution in [1.29, 1.82) is 0 Å². The van der Waals surface area contributed by atoms with E-state index in [2.05, 4.69) is 29.5 Å². The highest BCUT2D eigenvalue weighted by Crippen LogP contribution is 2.35. The zero-order valence-electron chi connectivity index (χ0n) is 20.8. The van der Waals surface area contributed by atoms with Crippen LogP contribution < -0.4 is 15.4 Å². The van der Waals surface area contributed by atoms with Gasteiger partial charge in [-0.25, -0.2) is 4.98 Å². The predicted octanol–water partition coefficient (Wildman–Crippen LogP) is 4.64. The zero-order chi connectivity index (χ0) is 24.9. The molecule has 2 fully saturated rings. The van der Waals surface area contributed by atoms with Crippen LogP contribution in [-0.4, -0.2) is 53.9 Å². The standard InChI is InChI=1S/C26H37N3O6/c1-25(2,16-33-20-9-6-18(7-10-20)24(30)31)29-26(12-4-5-13-35-26)28-19-8-11-21(22(14-19)32-3)23-15-27-17-34-23/h8,11,14-15,17-18,20,28-29H,4-7,9-10,12-13,16H2,1-3H3,(H,30,31). The maximum Gasteiger partial charge on any atom is 0.306 e. The highest BCUT2D eigenvalue weighted by molar-refractivity contribution is 5.70. The number of methoxy groups -OCH3 is 1. The summed E-state index contributed by atoms with van der Waals surface area (Å²) in [5.41, 5.74) is 1.31. The summed E-state index contributed by atoms with van der Waals surface area (Å²) in [4.78, 5) is 15.2. The summed E-state index contributed by atoms with van der Waals surface area (Å²) in [6, 6.07) is 5.86. The monoisotopic (exact) mass is 487 g/mol. The third-order valence-corrected chi connectivity index (χ3v) is 6.76. The fraction of sp³-hybridized carbons (Fsp3) is 0.615. The quantitative estimate of drug-likeness (QED) is 0.412. The van der Waals surface area contributed by atoms with Gasteiger partial charge in [0.05, 0.1) is 44.1 Å². The van der Waals surface area contributed by atoms with Gasteiger partial charge in [-0.15, -0.1) is 0 Å². The fourth-order valence-corrected chi connectivity index (χ4v) is 4.96. The van der Waals surface area contributed by atoms with E-state index < -0.39 is 11.8 Å². The van der Waals surface area contributed by atoms with Crippen molar-refractivity contribution >= 4 is 11.7 Å². The summed E-state index contributed by atoms with van der Waals surface area (Å²) in [7, 11) is 1.63. The van der Waals surface area contributed by atoms with E-state index in [4.69, 9.17) is 18.6 Å². The highest BCUT2D eigenvalue weighted by Gasteiger charge is 2.39. The first-order valence-electron chi connectivity index (χ1n) is 12.4. The lowest BCUT2D eigenvalue weighted by Crippen LogP contribution is -2.64. The Bertz CT molecular complexity index is 963. The summed E-state index contributed by atoms with van der Waals surface area (Å²) in [6.07, 6.45) is 8.91. The van der Waals surface area contributed by atoms with Crippen molar-refractivity contribution in [2.45, 2.75) is 76.3 Å². The van der Waals surface area contributed by atoms with Gasteiger partial charge in [0.2, 0.25) is 0 Å². The Morgan fingerprint density at radius 1 is 1.26 bits per heavy atom. The van der Waals surface area contributed by atoms with E-state index >= 15 is 0 Å². The Labute approximate surface area is 206 Å². The van der Waals surface area contributed by atoms with Crippen LogP contribution in [0.3, 0.4) is 0 Å². The van der Waals surface area contributed by atoms with Crippen LogP contribution >= 0.6 is 0 Å². The van der Waals surface area contributed by atoms with E-state index in [0.29, 0.717) is 37.6 Å². The van der Waals surface area contributed by atoms with Gasteiger partial charge in [-0.2, -0.15) is 0 Å². The van der Waals surface area contributed by atoms with Crippen molar-refractivity contribution in [2.75, 3.05) is 25.6 Å². The molecule has 4 rings (SSSR count). The molecule has 35 heavy (non-hydrogen) atoms. The van der Waals surface area contributed by atoms with E-state index in [1.165, 1.54) is 6.39 Å². The first-order valence-corrected chi connectivity index (χ1v) is 12.4. The van der Waals surface area contributed by atoms with Crippen molar-refractivity contribution in [1.82, 2.24) is 10.3 Å². The number of oxazole rings is 1. The molecule has 1 unspecified atom stereocenters. The molecule has 2 aromatic rings. The van der Waals surface area contributed by atoms with Gasteiger partial charge in [-0.3, -0.25) is 10.1 Å². The summed E-state index contributed by atoms with van der Waals surface area (Å²) < 4.78 is 23.6. The second-order valence-electron chi connectivity index (χ2n) is 10.2. The van der Waals surface area contributed by atoms with Crippen LogP contribution in [0.2, 0.25) is 0 Å². The molecule has 2 heterocycles. The van der Waals surface area contributed by atoms with Crippen molar-refractivity contribution in [3.8, 4) is 17.1 Å². The molecule has 9 nitrogen and oxygen atoms in total. The molecule has 1 aliphatic carbocycles. The number of hydrogen-bond donors (Lipinski definition) is 3. The summed E-state index contributed by atoms with van der Waals surface area (Å²) in [5.74, 6) is -0.358. The van der Waals surface area contributed by atoms with E-state index in [-0.39, 0.29) is 17.6 Å². The Balaban J connectivity index is 1.42. The van der Waals surface area contributed by atoms with E-state index in [1.807, 2.05) is 18.2 Å². The molecule has 0 radical (unpaired) electrons. The van der Waals surface area contributed by atoms with Crippen molar-refractivity contribution < 1.29 is 28.5 Å². The normalized spacial score (nSPS) is 25.2. The lowest BCUT2D eigenvalue weighted by Gasteiger charge is -2.45. The number of anilines is 1. The van der Waals surface area contributed by atoms with Crippen LogP contribution in [0.15, 0.2) is 35.2 Å². The van der Waals surface area contributed by atoms with Crippen LogP contribution in [0.1, 0.15) is 58.8 Å². The first kappa shape index (κ1) is 25.5. The summed E-state index contributed by atoms with van der Waals surface area (Å²) in [6.45, 7) is 5.36. The number of carboxylic acid groups (broad SMARTS) is 1. The SMILES string of the molecule is COc1cc(NC2(NC(C)(C)COC3CCC(C(=O)O)CC3)CCCCO2)ccc1-c1cnco1. The number of benzene rings is 1. The molecule has 0 amide bonds. The molecule has 2 aliphatic rings. The lowest BCUT2D eigenvalue weighted by molar-refractivity contribution is -0.144. The van der Waals surface area contributed by atoms with Crippen molar-refractivity contribution in [2.24, 2.45) is 5.92 Å². The van der Waals surface area contributed by atoms with Gasteiger partial charge in [0.25, 0.3) is 0 Å². The van der Waals surface area contributed by atoms with E-state index in [1.54, 1.807) is 13.3 Å². The highest BCUT2D eigenvalue weighted by atomic mass is 16.5. The third-order valence-electron chi connectivity index (χ3n) is 6.76. The average molecular weight is 488 g/mol. The Morgan fingerprint density at radius 2 is 2.06 bits per heavy atom. The number of rotatable bonds is 10. The largest absolute Gasteiger partial charge is 0.496 e. The van der Waals surface area contributed by atoms with Gasteiger partial charge < -0.3 is 29.1 Å². The van der Waals surface area contributed by atoms with Gasteiger partial charge >= 0.3 is 5.97 Å². The number of aromatic nitrogens is 1. The van der Waals surface area contributed by atoms with E-state index in [9.17, 15) is 9.90 Å². The fourth-order valence-electron chi connectivity index (χ4n) is 4.96. The maximum absolute atomic E-state index is 11.2. The summed E-state index contributed by atoms with van der Waals surface area (Å²) >= 11 is 0. The van der Waals surface area contributed by atoms with E-state index in [0.717, 1.165) is 43.4 Å². The van der Waals surface area contributed by atoms with Crippen LogP contribution in [0.4, 0.5) is 5.69 Å². The molecule has 0 bridgehead atoms. The third kappa shape index (κ3) is 6.54. The zero-order valence-corrected chi connectivity index (χ0v) is 20.8. The minimum Gasteiger partial charge on any atom is -0.496 e.